The maximum Gasteiger partial charge on any atom is 0.498 e. The lowest BCUT2D eigenvalue weighted by molar-refractivity contribution is 0.00578. The van der Waals surface area contributed by atoms with Crippen LogP contribution in [0, 0.1) is 5.82 Å². The van der Waals surface area contributed by atoms with Crippen molar-refractivity contribution >= 4 is 35.8 Å². The van der Waals surface area contributed by atoms with Crippen molar-refractivity contribution in [1.82, 2.24) is 4.98 Å². The fourth-order valence-electron chi connectivity index (χ4n) is 1.60. The van der Waals surface area contributed by atoms with E-state index in [2.05, 4.69) is 4.98 Å². The van der Waals surface area contributed by atoms with E-state index in [1.807, 2.05) is 27.7 Å². The molecule has 0 bridgehead atoms. The molecule has 0 aromatic carbocycles. The molecule has 0 spiro atoms. The van der Waals surface area contributed by atoms with Crippen LogP contribution in [-0.2, 0) is 9.31 Å². The molecule has 1 saturated heterocycles. The first-order chi connectivity index (χ1) is 8.14. The van der Waals surface area contributed by atoms with E-state index >= 15 is 0 Å². The third-order valence-corrected chi connectivity index (χ3v) is 3.99. The predicted octanol–water partition coefficient (Wildman–Crippen LogP) is 2.83. The Morgan fingerprint density at radius 1 is 1.11 bits per heavy atom. The quantitative estimate of drug-likeness (QED) is 0.589. The van der Waals surface area contributed by atoms with Crippen LogP contribution < -0.4 is 5.46 Å². The van der Waals surface area contributed by atoms with Crippen LogP contribution in [0.3, 0.4) is 0 Å². The van der Waals surface area contributed by atoms with Crippen molar-refractivity contribution in [2.45, 2.75) is 38.9 Å². The summed E-state index contributed by atoms with van der Waals surface area (Å²) in [5, 5.41) is -0.180. The first kappa shape index (κ1) is 14.1. The van der Waals surface area contributed by atoms with Crippen molar-refractivity contribution in [2.75, 3.05) is 0 Å². The molecule has 1 aromatic heterocycles. The van der Waals surface area contributed by atoms with Gasteiger partial charge in [-0.05, 0) is 33.8 Å². The molecule has 2 heterocycles. The van der Waals surface area contributed by atoms with E-state index in [-0.39, 0.29) is 10.3 Å². The highest BCUT2D eigenvalue weighted by Gasteiger charge is 2.52. The van der Waals surface area contributed by atoms with Crippen LogP contribution in [0.25, 0.3) is 0 Å². The average Bonchev–Trinajstić information content (AvgIpc) is 2.42. The molecule has 0 amide bonds. The SMILES string of the molecule is CC1(C)OB(c2cc(F)c(Cl)nc2Cl)OC1(C)C. The predicted molar refractivity (Wildman–Crippen MR) is 69.9 cm³/mol. The zero-order valence-corrected chi connectivity index (χ0v) is 12.1. The Morgan fingerprint density at radius 3 is 2.11 bits per heavy atom. The van der Waals surface area contributed by atoms with E-state index in [0.717, 1.165) is 0 Å². The molecule has 0 radical (unpaired) electrons. The van der Waals surface area contributed by atoms with Gasteiger partial charge in [0.25, 0.3) is 0 Å². The maximum atomic E-state index is 13.4. The molecule has 3 nitrogen and oxygen atoms in total. The van der Waals surface area contributed by atoms with Crippen LogP contribution in [0.5, 0.6) is 0 Å². The lowest BCUT2D eigenvalue weighted by atomic mass is 9.80. The van der Waals surface area contributed by atoms with E-state index in [0.29, 0.717) is 5.46 Å². The van der Waals surface area contributed by atoms with E-state index < -0.39 is 24.1 Å². The molecule has 2 rings (SSSR count). The van der Waals surface area contributed by atoms with Gasteiger partial charge in [-0.2, -0.15) is 0 Å². The van der Waals surface area contributed by atoms with Gasteiger partial charge in [0, 0.05) is 5.46 Å². The molecule has 0 N–H and O–H groups in total. The standard InChI is InChI=1S/C11H13BCl2FNO2/c1-10(2)11(3,4)18-12(17-10)6-5-7(15)9(14)16-8(6)13/h5H,1-4H3. The van der Waals surface area contributed by atoms with Gasteiger partial charge in [-0.3, -0.25) is 0 Å². The molecular formula is C11H13BCl2FNO2. The Labute approximate surface area is 116 Å². The van der Waals surface area contributed by atoms with E-state index in [9.17, 15) is 4.39 Å². The Morgan fingerprint density at radius 2 is 1.61 bits per heavy atom. The minimum Gasteiger partial charge on any atom is -0.399 e. The highest BCUT2D eigenvalue weighted by Crippen LogP contribution is 2.37. The van der Waals surface area contributed by atoms with Gasteiger partial charge in [0.2, 0.25) is 0 Å². The second kappa shape index (κ2) is 4.34. The lowest BCUT2D eigenvalue weighted by Crippen LogP contribution is -2.41. The molecule has 98 valence electrons. The molecule has 1 aromatic rings. The number of hydrogen-bond acceptors (Lipinski definition) is 3. The molecule has 0 saturated carbocycles. The number of halogens is 3. The van der Waals surface area contributed by atoms with Crippen molar-refractivity contribution in [3.05, 3.63) is 22.2 Å². The fraction of sp³-hybridized carbons (Fsp3) is 0.545. The van der Waals surface area contributed by atoms with E-state index in [1.165, 1.54) is 6.07 Å². The molecular weight excluding hydrogens is 279 g/mol. The summed E-state index contributed by atoms with van der Waals surface area (Å²) in [5.74, 6) is -0.647. The van der Waals surface area contributed by atoms with Gasteiger partial charge in [0.1, 0.15) is 5.15 Å². The molecule has 1 aliphatic heterocycles. The molecule has 1 fully saturated rings. The molecule has 7 heteroatoms. The van der Waals surface area contributed by atoms with E-state index in [1.54, 1.807) is 0 Å². The van der Waals surface area contributed by atoms with Crippen molar-refractivity contribution in [1.29, 1.82) is 0 Å². The minimum atomic E-state index is -0.748. The zero-order valence-electron chi connectivity index (χ0n) is 10.6. The van der Waals surface area contributed by atoms with Crippen molar-refractivity contribution in [3.63, 3.8) is 0 Å². The Hall–Kier alpha value is -0.355. The number of hydrogen-bond donors (Lipinski definition) is 0. The van der Waals surface area contributed by atoms with Gasteiger partial charge >= 0.3 is 7.12 Å². The van der Waals surface area contributed by atoms with Crippen LogP contribution in [0.15, 0.2) is 6.07 Å². The fourth-order valence-corrected chi connectivity index (χ4v) is 2.01. The van der Waals surface area contributed by atoms with Gasteiger partial charge in [-0.15, -0.1) is 0 Å². The average molecular weight is 292 g/mol. The lowest BCUT2D eigenvalue weighted by Gasteiger charge is -2.32. The monoisotopic (exact) mass is 291 g/mol. The van der Waals surface area contributed by atoms with Crippen LogP contribution in [-0.4, -0.2) is 23.3 Å². The Balaban J connectivity index is 2.38. The number of nitrogens with zero attached hydrogens (tertiary/aromatic N) is 1. The Bertz CT molecular complexity index is 480. The van der Waals surface area contributed by atoms with Crippen molar-refractivity contribution in [2.24, 2.45) is 0 Å². The second-order valence-electron chi connectivity index (χ2n) is 5.23. The molecule has 18 heavy (non-hydrogen) atoms. The van der Waals surface area contributed by atoms with Gasteiger partial charge in [-0.25, -0.2) is 9.37 Å². The highest BCUT2D eigenvalue weighted by atomic mass is 35.5. The zero-order chi connectivity index (χ0) is 13.7. The number of aromatic nitrogens is 1. The first-order valence-corrected chi connectivity index (χ1v) is 6.27. The van der Waals surface area contributed by atoms with Crippen LogP contribution >= 0.6 is 23.2 Å². The molecule has 0 atom stereocenters. The summed E-state index contributed by atoms with van der Waals surface area (Å²) in [6.45, 7) is 7.61. The van der Waals surface area contributed by atoms with Crippen LogP contribution in [0.4, 0.5) is 4.39 Å². The summed E-state index contributed by atoms with van der Waals surface area (Å²) in [5.41, 5.74) is -0.689. The first-order valence-electron chi connectivity index (χ1n) is 5.51. The highest BCUT2D eigenvalue weighted by molar-refractivity contribution is 6.65. The number of rotatable bonds is 1. The Kier molecular flexibility index (Phi) is 3.39. The van der Waals surface area contributed by atoms with Crippen molar-refractivity contribution in [3.8, 4) is 0 Å². The second-order valence-corrected chi connectivity index (χ2v) is 5.95. The topological polar surface area (TPSA) is 31.4 Å². The third kappa shape index (κ3) is 2.25. The maximum absolute atomic E-state index is 13.4. The summed E-state index contributed by atoms with van der Waals surface area (Å²) in [7, 11) is -0.748. The van der Waals surface area contributed by atoms with Crippen molar-refractivity contribution < 1.29 is 13.7 Å². The molecule has 0 aliphatic carbocycles. The van der Waals surface area contributed by atoms with Gasteiger partial charge < -0.3 is 9.31 Å². The van der Waals surface area contributed by atoms with Gasteiger partial charge in [0.15, 0.2) is 11.0 Å². The summed E-state index contributed by atoms with van der Waals surface area (Å²) < 4.78 is 25.0. The van der Waals surface area contributed by atoms with Gasteiger partial charge in [0.05, 0.1) is 11.2 Å². The van der Waals surface area contributed by atoms with Gasteiger partial charge in [-0.1, -0.05) is 23.2 Å². The summed E-state index contributed by atoms with van der Waals surface area (Å²) in [6, 6.07) is 1.19. The summed E-state index contributed by atoms with van der Waals surface area (Å²) >= 11 is 11.5. The minimum absolute atomic E-state index is 0.0832. The number of pyridine rings is 1. The smallest absolute Gasteiger partial charge is 0.399 e. The third-order valence-electron chi connectivity index (χ3n) is 3.42. The molecule has 0 unspecified atom stereocenters. The normalized spacial score (nSPS) is 21.4. The largest absolute Gasteiger partial charge is 0.498 e. The summed E-state index contributed by atoms with van der Waals surface area (Å²) in [6.07, 6.45) is 0. The molecule has 1 aliphatic rings. The van der Waals surface area contributed by atoms with Crippen LogP contribution in [0.2, 0.25) is 10.3 Å². The summed E-state index contributed by atoms with van der Waals surface area (Å²) in [4.78, 5) is 3.71. The van der Waals surface area contributed by atoms with E-state index in [4.69, 9.17) is 32.5 Å². The van der Waals surface area contributed by atoms with Crippen LogP contribution in [0.1, 0.15) is 27.7 Å².